The van der Waals surface area contributed by atoms with E-state index in [0.29, 0.717) is 5.02 Å². The Morgan fingerprint density at radius 2 is 1.96 bits per heavy atom. The van der Waals surface area contributed by atoms with Crippen LogP contribution in [0.25, 0.3) is 0 Å². The molecule has 132 valence electrons. The van der Waals surface area contributed by atoms with Crippen LogP contribution in [0.15, 0.2) is 18.2 Å². The van der Waals surface area contributed by atoms with Crippen LogP contribution in [0.1, 0.15) is 37.0 Å². The van der Waals surface area contributed by atoms with Gasteiger partial charge < -0.3 is 15.4 Å². The van der Waals surface area contributed by atoms with Gasteiger partial charge in [0, 0.05) is 11.1 Å². The van der Waals surface area contributed by atoms with Gasteiger partial charge in [0.15, 0.2) is 6.61 Å². The molecule has 0 unspecified atom stereocenters. The smallest absolute Gasteiger partial charge is 0.325 e. The highest BCUT2D eigenvalue weighted by Gasteiger charge is 2.14. The fourth-order valence-corrected chi connectivity index (χ4v) is 2.43. The van der Waals surface area contributed by atoms with Gasteiger partial charge in [-0.1, -0.05) is 36.5 Å². The molecule has 8 heteroatoms. The standard InChI is InChI=1S/C16H20Cl2N2O4/c1-3-4-10(2)20-14(21)9-24-15(22)8-19-16(23)12-6-5-11(17)7-13(12)18/h5-7,10H,3-4,8-9H2,1-2H3,(H,19,23)(H,20,21)/t10-/m0/s1. The van der Waals surface area contributed by atoms with Crippen molar-refractivity contribution in [3.05, 3.63) is 33.8 Å². The third kappa shape index (κ3) is 7.19. The molecule has 2 N–H and O–H groups in total. The molecule has 1 aromatic rings. The Labute approximate surface area is 150 Å². The second-order valence-corrected chi connectivity index (χ2v) is 6.07. The van der Waals surface area contributed by atoms with Gasteiger partial charge in [0.25, 0.3) is 11.8 Å². The molecule has 2 amide bonds. The first-order valence-electron chi connectivity index (χ1n) is 7.51. The Balaban J connectivity index is 2.35. The van der Waals surface area contributed by atoms with E-state index in [-0.39, 0.29) is 35.7 Å². The molecule has 0 bridgehead atoms. The van der Waals surface area contributed by atoms with Gasteiger partial charge in [-0.25, -0.2) is 0 Å². The SMILES string of the molecule is CCC[C@H](C)NC(=O)COC(=O)CNC(=O)c1ccc(Cl)cc1Cl. The van der Waals surface area contributed by atoms with E-state index in [9.17, 15) is 14.4 Å². The van der Waals surface area contributed by atoms with Gasteiger partial charge in [0.2, 0.25) is 0 Å². The van der Waals surface area contributed by atoms with Crippen molar-refractivity contribution in [2.45, 2.75) is 32.7 Å². The van der Waals surface area contributed by atoms with Gasteiger partial charge in [0.1, 0.15) is 6.54 Å². The van der Waals surface area contributed by atoms with Gasteiger partial charge in [-0.15, -0.1) is 0 Å². The van der Waals surface area contributed by atoms with Crippen molar-refractivity contribution in [3.8, 4) is 0 Å². The molecule has 0 aromatic heterocycles. The monoisotopic (exact) mass is 374 g/mol. The summed E-state index contributed by atoms with van der Waals surface area (Å²) in [7, 11) is 0. The molecule has 0 saturated carbocycles. The Hall–Kier alpha value is -1.79. The summed E-state index contributed by atoms with van der Waals surface area (Å²) >= 11 is 11.6. The molecule has 0 radical (unpaired) electrons. The van der Waals surface area contributed by atoms with Gasteiger partial charge in [-0.05, 0) is 31.5 Å². The summed E-state index contributed by atoms with van der Waals surface area (Å²) in [6.07, 6.45) is 1.79. The number of rotatable bonds is 8. The summed E-state index contributed by atoms with van der Waals surface area (Å²) in [5.74, 6) is -1.63. The quantitative estimate of drug-likeness (QED) is 0.684. The van der Waals surface area contributed by atoms with E-state index in [1.165, 1.54) is 18.2 Å². The average Bonchev–Trinajstić information content (AvgIpc) is 2.50. The van der Waals surface area contributed by atoms with Crippen LogP contribution in [-0.4, -0.2) is 37.0 Å². The third-order valence-corrected chi connectivity index (χ3v) is 3.61. The molecule has 0 aliphatic heterocycles. The Kier molecular flexibility index (Phi) is 8.57. The first kappa shape index (κ1) is 20.3. The number of carbonyl (C=O) groups is 3. The predicted molar refractivity (Wildman–Crippen MR) is 92.3 cm³/mol. The van der Waals surface area contributed by atoms with E-state index in [0.717, 1.165) is 12.8 Å². The van der Waals surface area contributed by atoms with E-state index in [2.05, 4.69) is 10.6 Å². The minimum absolute atomic E-state index is 0.0213. The van der Waals surface area contributed by atoms with Crippen molar-refractivity contribution in [3.63, 3.8) is 0 Å². The Bertz CT molecular complexity index is 608. The van der Waals surface area contributed by atoms with Crippen LogP contribution in [0.2, 0.25) is 10.0 Å². The van der Waals surface area contributed by atoms with Crippen LogP contribution in [0.3, 0.4) is 0 Å². The molecule has 0 spiro atoms. The second-order valence-electron chi connectivity index (χ2n) is 5.22. The molecule has 0 saturated heterocycles. The maximum atomic E-state index is 11.9. The minimum atomic E-state index is -0.716. The fraction of sp³-hybridized carbons (Fsp3) is 0.438. The molecule has 1 rings (SSSR count). The Morgan fingerprint density at radius 3 is 2.58 bits per heavy atom. The minimum Gasteiger partial charge on any atom is -0.454 e. The van der Waals surface area contributed by atoms with Gasteiger partial charge >= 0.3 is 5.97 Å². The largest absolute Gasteiger partial charge is 0.454 e. The number of ether oxygens (including phenoxy) is 1. The number of nitrogens with one attached hydrogen (secondary N) is 2. The molecule has 1 atom stereocenters. The first-order chi connectivity index (χ1) is 11.3. The maximum absolute atomic E-state index is 11.9. The van der Waals surface area contributed by atoms with Crippen LogP contribution in [0.4, 0.5) is 0 Å². The average molecular weight is 375 g/mol. The van der Waals surface area contributed by atoms with Crippen molar-refractivity contribution in [2.75, 3.05) is 13.2 Å². The summed E-state index contributed by atoms with van der Waals surface area (Å²) in [6, 6.07) is 4.42. The maximum Gasteiger partial charge on any atom is 0.325 e. The van der Waals surface area contributed by atoms with E-state index in [4.69, 9.17) is 27.9 Å². The number of benzene rings is 1. The first-order valence-corrected chi connectivity index (χ1v) is 8.27. The number of hydrogen-bond acceptors (Lipinski definition) is 4. The molecular formula is C16H20Cl2N2O4. The van der Waals surface area contributed by atoms with Gasteiger partial charge in [-0.3, -0.25) is 14.4 Å². The highest BCUT2D eigenvalue weighted by Crippen LogP contribution is 2.20. The lowest BCUT2D eigenvalue weighted by atomic mass is 10.2. The van der Waals surface area contributed by atoms with Crippen molar-refractivity contribution in [2.24, 2.45) is 0 Å². The normalized spacial score (nSPS) is 11.5. The molecule has 0 fully saturated rings. The van der Waals surface area contributed by atoms with Gasteiger partial charge in [0.05, 0.1) is 10.6 Å². The lowest BCUT2D eigenvalue weighted by Gasteiger charge is -2.13. The number of hydrogen-bond donors (Lipinski definition) is 2. The van der Waals surface area contributed by atoms with Crippen molar-refractivity contribution in [1.82, 2.24) is 10.6 Å². The zero-order valence-electron chi connectivity index (χ0n) is 13.5. The second kappa shape index (κ2) is 10.2. The van der Waals surface area contributed by atoms with Crippen molar-refractivity contribution >= 4 is 41.0 Å². The summed E-state index contributed by atoms with van der Waals surface area (Å²) in [5, 5.41) is 5.66. The van der Waals surface area contributed by atoms with Crippen LogP contribution in [-0.2, 0) is 14.3 Å². The summed E-state index contributed by atoms with van der Waals surface area (Å²) in [4.78, 5) is 35.0. The molecule has 6 nitrogen and oxygen atoms in total. The van der Waals surface area contributed by atoms with Crippen molar-refractivity contribution in [1.29, 1.82) is 0 Å². The molecule has 0 aliphatic carbocycles. The summed E-state index contributed by atoms with van der Waals surface area (Å²) < 4.78 is 4.80. The molecular weight excluding hydrogens is 355 g/mol. The molecule has 24 heavy (non-hydrogen) atoms. The van der Waals surface area contributed by atoms with Crippen molar-refractivity contribution < 1.29 is 19.1 Å². The highest BCUT2D eigenvalue weighted by molar-refractivity contribution is 6.36. The summed E-state index contributed by atoms with van der Waals surface area (Å²) in [6.45, 7) is 3.14. The molecule has 0 heterocycles. The van der Waals surface area contributed by atoms with Gasteiger partial charge in [-0.2, -0.15) is 0 Å². The highest BCUT2D eigenvalue weighted by atomic mass is 35.5. The topological polar surface area (TPSA) is 84.5 Å². The van der Waals surface area contributed by atoms with Crippen LogP contribution in [0, 0.1) is 0 Å². The molecule has 1 aromatic carbocycles. The Morgan fingerprint density at radius 1 is 1.25 bits per heavy atom. The van der Waals surface area contributed by atoms with E-state index >= 15 is 0 Å². The zero-order valence-corrected chi connectivity index (χ0v) is 15.0. The predicted octanol–water partition coefficient (Wildman–Crippen LogP) is 2.57. The zero-order chi connectivity index (χ0) is 18.1. The summed E-state index contributed by atoms with van der Waals surface area (Å²) in [5.41, 5.74) is 0.194. The third-order valence-electron chi connectivity index (χ3n) is 3.06. The lowest BCUT2D eigenvalue weighted by Crippen LogP contribution is -2.37. The number of carbonyl (C=O) groups excluding carboxylic acids is 3. The number of esters is 1. The van der Waals surface area contributed by atoms with E-state index in [1.807, 2.05) is 13.8 Å². The lowest BCUT2D eigenvalue weighted by molar-refractivity contribution is -0.147. The van der Waals surface area contributed by atoms with E-state index < -0.39 is 11.9 Å². The fourth-order valence-electron chi connectivity index (χ4n) is 1.94. The number of halogens is 2. The van der Waals surface area contributed by atoms with E-state index in [1.54, 1.807) is 0 Å². The van der Waals surface area contributed by atoms with Crippen LogP contribution in [0.5, 0.6) is 0 Å². The van der Waals surface area contributed by atoms with Crippen LogP contribution < -0.4 is 10.6 Å². The molecule has 0 aliphatic rings. The number of amides is 2. The van der Waals surface area contributed by atoms with Crippen LogP contribution >= 0.6 is 23.2 Å².